The molecule has 1 saturated heterocycles. The second-order valence-corrected chi connectivity index (χ2v) is 3.82. The summed E-state index contributed by atoms with van der Waals surface area (Å²) in [6.07, 6.45) is 0.666. The number of hydrogen-bond acceptors (Lipinski definition) is 4. The predicted molar refractivity (Wildman–Crippen MR) is 62.4 cm³/mol. The van der Waals surface area contributed by atoms with Crippen LogP contribution in [0.3, 0.4) is 0 Å². The maximum absolute atomic E-state index is 10.4. The van der Waals surface area contributed by atoms with Crippen molar-refractivity contribution in [2.24, 2.45) is 11.5 Å². The first-order chi connectivity index (χ1) is 8.23. The molecule has 0 aromatic heterocycles. The number of nitrogens with zero attached hydrogens (tertiary/aromatic N) is 1. The Bertz CT molecular complexity index is 374. The molecule has 0 unspecified atom stereocenters. The van der Waals surface area contributed by atoms with E-state index in [1.54, 1.807) is 7.05 Å². The van der Waals surface area contributed by atoms with Gasteiger partial charge in [0.2, 0.25) is 5.91 Å². The number of carbonyl (C=O) groups is 2. The molecule has 1 aliphatic heterocycles. The molecule has 1 heterocycles. The van der Waals surface area contributed by atoms with Crippen molar-refractivity contribution in [2.75, 3.05) is 13.6 Å². The van der Waals surface area contributed by atoms with Crippen LogP contribution < -0.4 is 21.9 Å². The molecule has 0 aromatic rings. The standard InChI is InChI=1S/C5H11N3O.C5H7NO3/c1-4(9)3-8(2)5(6)7;7-4-2-1-3(6-4)5(8)9/h1,3H2,2H3,(H4,6,7,9);3H,1-2H2,(H,6,7)(H,8,9)/t;3-/m.0/s1. The number of rotatable bonds is 3. The van der Waals surface area contributed by atoms with Gasteiger partial charge in [0.15, 0.2) is 0 Å². The number of nitrogens with two attached hydrogens (primary N) is 2. The van der Waals surface area contributed by atoms with Gasteiger partial charge in [0.1, 0.15) is 12.3 Å². The quantitative estimate of drug-likeness (QED) is 0.184. The molecule has 0 spiro atoms. The number of amides is 1. The molecule has 1 fully saturated rings. The molecule has 0 bridgehead atoms. The monoisotopic (exact) mass is 258 g/mol. The van der Waals surface area contributed by atoms with E-state index in [2.05, 4.69) is 11.9 Å². The summed E-state index contributed by atoms with van der Waals surface area (Å²) in [5.74, 6) is -1.18. The van der Waals surface area contributed by atoms with Crippen LogP contribution in [0.25, 0.3) is 0 Å². The fourth-order valence-corrected chi connectivity index (χ4v) is 1.16. The van der Waals surface area contributed by atoms with Crippen molar-refractivity contribution < 1.29 is 24.4 Å². The molecule has 1 aliphatic rings. The molecule has 1 atom stereocenters. The van der Waals surface area contributed by atoms with E-state index < -0.39 is 12.0 Å². The van der Waals surface area contributed by atoms with Crippen LogP contribution in [0.4, 0.5) is 0 Å². The zero-order valence-corrected chi connectivity index (χ0v) is 10.2. The molecule has 102 valence electrons. The summed E-state index contributed by atoms with van der Waals surface area (Å²) < 4.78 is 1.49. The zero-order chi connectivity index (χ0) is 14.3. The van der Waals surface area contributed by atoms with Crippen molar-refractivity contribution in [3.05, 3.63) is 12.3 Å². The molecule has 0 radical (unpaired) electrons. The third-order valence-corrected chi connectivity index (χ3v) is 2.14. The number of likely N-dealkylation sites (N-methyl/N-ethyl adjacent to an activating group) is 1. The van der Waals surface area contributed by atoms with Gasteiger partial charge >= 0.3 is 5.96 Å². The van der Waals surface area contributed by atoms with Crippen LogP contribution in [-0.2, 0) is 9.59 Å². The maximum Gasteiger partial charge on any atom is 0.341 e. The number of hydrogen-bond donors (Lipinski definition) is 4. The van der Waals surface area contributed by atoms with E-state index >= 15 is 0 Å². The minimum atomic E-state index is -1.19. The topological polar surface area (TPSA) is 145 Å². The van der Waals surface area contributed by atoms with E-state index in [4.69, 9.17) is 16.6 Å². The van der Waals surface area contributed by atoms with Crippen molar-refractivity contribution in [3.63, 3.8) is 0 Å². The first-order valence-electron chi connectivity index (χ1n) is 5.20. The first-order valence-corrected chi connectivity index (χ1v) is 5.20. The Balaban J connectivity index is 0.000000321. The summed E-state index contributed by atoms with van der Waals surface area (Å²) in [6.45, 7) is 3.55. The van der Waals surface area contributed by atoms with Gasteiger partial charge in [0.05, 0.1) is 19.1 Å². The lowest BCUT2D eigenvalue weighted by atomic mass is 10.2. The van der Waals surface area contributed by atoms with E-state index in [1.807, 2.05) is 0 Å². The summed E-state index contributed by atoms with van der Waals surface area (Å²) in [7, 11) is 1.66. The number of carbonyl (C=O) groups excluding carboxylic acids is 2. The fraction of sp³-hybridized carbons (Fsp3) is 0.500. The van der Waals surface area contributed by atoms with Crippen molar-refractivity contribution in [1.29, 1.82) is 0 Å². The third kappa shape index (κ3) is 6.36. The SMILES string of the molecule is C=C(O)C[N+](C)=C(N)N.O=C1CC[C@@H](C(=O)[O-])N1. The van der Waals surface area contributed by atoms with Crippen LogP contribution in [0, 0.1) is 0 Å². The van der Waals surface area contributed by atoms with Crippen LogP contribution in [-0.4, -0.2) is 47.2 Å². The number of aliphatic carboxylic acids is 1. The summed E-state index contributed by atoms with van der Waals surface area (Å²) in [4.78, 5) is 20.4. The number of nitrogens with one attached hydrogen (secondary N) is 1. The Labute approximate surface area is 105 Å². The predicted octanol–water partition coefficient (Wildman–Crippen LogP) is -3.01. The lowest BCUT2D eigenvalue weighted by Crippen LogP contribution is -2.42. The molecule has 6 N–H and O–H groups in total. The lowest BCUT2D eigenvalue weighted by Gasteiger charge is -2.08. The molecule has 8 nitrogen and oxygen atoms in total. The Morgan fingerprint density at radius 1 is 1.67 bits per heavy atom. The van der Waals surface area contributed by atoms with Gasteiger partial charge in [-0.15, -0.1) is 0 Å². The normalized spacial score (nSPS) is 17.2. The molecule has 0 aliphatic carbocycles. The van der Waals surface area contributed by atoms with Crippen LogP contribution in [0.15, 0.2) is 12.3 Å². The largest absolute Gasteiger partial charge is 0.548 e. The molecule has 1 rings (SSSR count). The molecular weight excluding hydrogens is 240 g/mol. The van der Waals surface area contributed by atoms with Gasteiger partial charge in [-0.3, -0.25) is 20.8 Å². The summed E-state index contributed by atoms with van der Waals surface area (Å²) in [5.41, 5.74) is 10.3. The van der Waals surface area contributed by atoms with E-state index in [0.29, 0.717) is 12.8 Å². The fourth-order valence-electron chi connectivity index (χ4n) is 1.16. The minimum Gasteiger partial charge on any atom is -0.548 e. The minimum absolute atomic E-state index is 0.0471. The van der Waals surface area contributed by atoms with Crippen molar-refractivity contribution in [2.45, 2.75) is 18.9 Å². The Kier molecular flexibility index (Phi) is 6.26. The number of carboxylic acid groups (broad SMARTS) is 1. The Morgan fingerprint density at radius 3 is 2.39 bits per heavy atom. The van der Waals surface area contributed by atoms with Gasteiger partial charge in [0, 0.05) is 6.42 Å². The maximum atomic E-state index is 10.4. The van der Waals surface area contributed by atoms with Crippen molar-refractivity contribution in [1.82, 2.24) is 5.32 Å². The number of aliphatic hydroxyl groups excluding tert-OH is 1. The molecule has 0 saturated carbocycles. The lowest BCUT2D eigenvalue weighted by molar-refractivity contribution is -0.494. The van der Waals surface area contributed by atoms with Crippen molar-refractivity contribution in [3.8, 4) is 0 Å². The zero-order valence-electron chi connectivity index (χ0n) is 10.2. The average molecular weight is 258 g/mol. The Hall–Kier alpha value is -2.25. The second-order valence-electron chi connectivity index (χ2n) is 3.82. The summed E-state index contributed by atoms with van der Waals surface area (Å²) in [6, 6.07) is -0.752. The van der Waals surface area contributed by atoms with E-state index in [9.17, 15) is 14.7 Å². The molecule has 0 aromatic carbocycles. The number of aliphatic hydroxyl groups is 1. The highest BCUT2D eigenvalue weighted by atomic mass is 16.4. The van der Waals surface area contributed by atoms with Gasteiger partial charge in [-0.25, -0.2) is 0 Å². The highest BCUT2D eigenvalue weighted by molar-refractivity contribution is 5.86. The first kappa shape index (κ1) is 15.8. The van der Waals surface area contributed by atoms with Gasteiger partial charge in [-0.2, -0.15) is 0 Å². The highest BCUT2D eigenvalue weighted by Crippen LogP contribution is 2.04. The molecular formula is C10H18N4O4. The molecule has 8 heteroatoms. The number of carboxylic acids is 1. The highest BCUT2D eigenvalue weighted by Gasteiger charge is 2.20. The molecule has 18 heavy (non-hydrogen) atoms. The van der Waals surface area contributed by atoms with E-state index in [0.717, 1.165) is 0 Å². The van der Waals surface area contributed by atoms with Crippen LogP contribution >= 0.6 is 0 Å². The van der Waals surface area contributed by atoms with Gasteiger partial charge in [-0.05, 0) is 6.42 Å². The number of guanidine groups is 1. The van der Waals surface area contributed by atoms with Gasteiger partial charge in [0.25, 0.3) is 0 Å². The van der Waals surface area contributed by atoms with E-state index in [-0.39, 0.29) is 24.2 Å². The summed E-state index contributed by atoms with van der Waals surface area (Å²) >= 11 is 0. The Morgan fingerprint density at radius 2 is 2.22 bits per heavy atom. The van der Waals surface area contributed by atoms with Crippen LogP contribution in [0.1, 0.15) is 12.8 Å². The van der Waals surface area contributed by atoms with Gasteiger partial charge < -0.3 is 20.3 Å². The summed E-state index contributed by atoms with van der Waals surface area (Å²) in [5, 5.41) is 20.9. The van der Waals surface area contributed by atoms with Gasteiger partial charge in [-0.1, -0.05) is 6.58 Å². The smallest absolute Gasteiger partial charge is 0.341 e. The van der Waals surface area contributed by atoms with Crippen LogP contribution in [0.5, 0.6) is 0 Å². The second kappa shape index (κ2) is 7.15. The van der Waals surface area contributed by atoms with E-state index in [1.165, 1.54) is 4.58 Å². The van der Waals surface area contributed by atoms with Crippen molar-refractivity contribution >= 4 is 17.8 Å². The molecule has 1 amide bonds. The third-order valence-electron chi connectivity index (χ3n) is 2.14. The van der Waals surface area contributed by atoms with Crippen LogP contribution in [0.2, 0.25) is 0 Å². The average Bonchev–Trinajstić information content (AvgIpc) is 2.64.